The predicted octanol–water partition coefficient (Wildman–Crippen LogP) is 7.62. The average molecular weight is 515 g/mol. The van der Waals surface area contributed by atoms with Crippen LogP contribution in [0.3, 0.4) is 0 Å². The molecule has 3 aromatic carbocycles. The number of nitrogens with zero attached hydrogens (tertiary/aromatic N) is 1. The monoisotopic (exact) mass is 515 g/mol. The maximum Gasteiger partial charge on any atom is 0.416 e. The lowest BCUT2D eigenvalue weighted by atomic mass is 9.85. The van der Waals surface area contributed by atoms with Crippen LogP contribution in [0.5, 0.6) is 11.5 Å². The van der Waals surface area contributed by atoms with Gasteiger partial charge in [-0.2, -0.15) is 26.3 Å². The molecular formula is C25H17F8NO2. The van der Waals surface area contributed by atoms with Gasteiger partial charge in [0, 0.05) is 29.4 Å². The molecule has 0 aliphatic carbocycles. The molecule has 11 heteroatoms. The average Bonchev–Trinajstić information content (AvgIpc) is 2.93. The minimum atomic E-state index is -4.90. The SMILES string of the molecule is CC1(C)C(=O)N(Cc2c(Oc3cc(F)cc(F)c3)cccc2C(F)(F)F)c2ccc(C(F)(F)F)cc21. The van der Waals surface area contributed by atoms with Crippen LogP contribution in [-0.4, -0.2) is 5.91 Å². The van der Waals surface area contributed by atoms with E-state index in [1.54, 1.807) is 0 Å². The highest BCUT2D eigenvalue weighted by Gasteiger charge is 2.46. The zero-order chi connectivity index (χ0) is 26.6. The van der Waals surface area contributed by atoms with Crippen molar-refractivity contribution in [3.8, 4) is 11.5 Å². The molecule has 1 aliphatic rings. The van der Waals surface area contributed by atoms with E-state index in [4.69, 9.17) is 4.74 Å². The molecule has 0 N–H and O–H groups in total. The summed E-state index contributed by atoms with van der Waals surface area (Å²) in [6.07, 6.45) is -9.59. The Morgan fingerprint density at radius 1 is 0.861 bits per heavy atom. The fraction of sp³-hybridized carbons (Fsp3) is 0.240. The van der Waals surface area contributed by atoms with Crippen molar-refractivity contribution in [2.24, 2.45) is 0 Å². The number of carbonyl (C=O) groups is 1. The second kappa shape index (κ2) is 8.49. The van der Waals surface area contributed by atoms with Crippen molar-refractivity contribution in [1.82, 2.24) is 0 Å². The highest BCUT2D eigenvalue weighted by molar-refractivity contribution is 6.07. The molecule has 190 valence electrons. The summed E-state index contributed by atoms with van der Waals surface area (Å²) in [5.41, 5.74) is -4.17. The standard InChI is InChI=1S/C25H17F8NO2/c1-23(2)19-8-13(24(28,29)30)6-7-20(19)34(22(23)35)12-17-18(25(31,32)33)4-3-5-21(17)36-16-10-14(26)9-15(27)11-16/h3-11H,12H2,1-2H3. The molecule has 36 heavy (non-hydrogen) atoms. The van der Waals surface area contributed by atoms with Crippen LogP contribution in [0.25, 0.3) is 0 Å². The number of fused-ring (bicyclic) bond motifs is 1. The number of halogens is 8. The smallest absolute Gasteiger partial charge is 0.416 e. The Morgan fingerprint density at radius 2 is 1.50 bits per heavy atom. The van der Waals surface area contributed by atoms with Gasteiger partial charge in [-0.25, -0.2) is 8.78 Å². The number of ether oxygens (including phenoxy) is 1. The molecule has 0 spiro atoms. The van der Waals surface area contributed by atoms with Gasteiger partial charge in [-0.3, -0.25) is 4.79 Å². The van der Waals surface area contributed by atoms with Crippen molar-refractivity contribution in [2.45, 2.75) is 38.2 Å². The van der Waals surface area contributed by atoms with E-state index in [1.165, 1.54) is 13.8 Å². The summed E-state index contributed by atoms with van der Waals surface area (Å²) in [5.74, 6) is -3.62. The number of amides is 1. The van der Waals surface area contributed by atoms with Gasteiger partial charge in [0.05, 0.1) is 23.1 Å². The summed E-state index contributed by atoms with van der Waals surface area (Å²) in [6, 6.07) is 7.56. The van der Waals surface area contributed by atoms with Crippen LogP contribution in [0.2, 0.25) is 0 Å². The molecule has 0 fully saturated rings. The van der Waals surface area contributed by atoms with Crippen LogP contribution < -0.4 is 9.64 Å². The van der Waals surface area contributed by atoms with Crippen LogP contribution in [-0.2, 0) is 29.1 Å². The second-order valence-electron chi connectivity index (χ2n) is 8.73. The van der Waals surface area contributed by atoms with Crippen LogP contribution >= 0.6 is 0 Å². The maximum atomic E-state index is 13.9. The molecule has 0 radical (unpaired) electrons. The van der Waals surface area contributed by atoms with Gasteiger partial charge >= 0.3 is 12.4 Å². The zero-order valence-electron chi connectivity index (χ0n) is 18.7. The third kappa shape index (κ3) is 4.61. The molecule has 0 bridgehead atoms. The number of hydrogen-bond donors (Lipinski definition) is 0. The van der Waals surface area contributed by atoms with Crippen molar-refractivity contribution >= 4 is 11.6 Å². The summed E-state index contributed by atoms with van der Waals surface area (Å²) in [7, 11) is 0. The summed E-state index contributed by atoms with van der Waals surface area (Å²) in [5, 5.41) is 0. The lowest BCUT2D eigenvalue weighted by Gasteiger charge is -2.24. The largest absolute Gasteiger partial charge is 0.457 e. The van der Waals surface area contributed by atoms with Gasteiger partial charge in [0.2, 0.25) is 5.91 Å². The van der Waals surface area contributed by atoms with E-state index in [1.807, 2.05) is 0 Å². The Kier molecular flexibility index (Phi) is 6.01. The quantitative estimate of drug-likeness (QED) is 0.335. The van der Waals surface area contributed by atoms with Crippen molar-refractivity contribution < 1.29 is 44.7 Å². The fourth-order valence-electron chi connectivity index (χ4n) is 4.13. The molecule has 0 saturated heterocycles. The van der Waals surface area contributed by atoms with Gasteiger partial charge in [-0.1, -0.05) is 6.07 Å². The molecule has 3 aromatic rings. The van der Waals surface area contributed by atoms with E-state index in [0.717, 1.165) is 53.4 Å². The van der Waals surface area contributed by atoms with Gasteiger partial charge in [-0.05, 0) is 49.7 Å². The van der Waals surface area contributed by atoms with Crippen molar-refractivity contribution in [2.75, 3.05) is 4.90 Å². The molecule has 0 saturated carbocycles. The first kappa shape index (κ1) is 25.5. The summed E-state index contributed by atoms with van der Waals surface area (Å²) >= 11 is 0. The van der Waals surface area contributed by atoms with E-state index in [-0.39, 0.29) is 11.3 Å². The third-order valence-electron chi connectivity index (χ3n) is 5.89. The highest BCUT2D eigenvalue weighted by atomic mass is 19.4. The fourth-order valence-corrected chi connectivity index (χ4v) is 4.13. The van der Waals surface area contributed by atoms with E-state index < -0.39 is 70.0 Å². The molecule has 1 aliphatic heterocycles. The van der Waals surface area contributed by atoms with Gasteiger partial charge < -0.3 is 9.64 Å². The number of alkyl halides is 6. The van der Waals surface area contributed by atoms with Gasteiger partial charge in [0.25, 0.3) is 0 Å². The van der Waals surface area contributed by atoms with E-state index in [0.29, 0.717) is 6.07 Å². The lowest BCUT2D eigenvalue weighted by molar-refractivity contribution is -0.138. The van der Waals surface area contributed by atoms with Crippen molar-refractivity contribution in [1.29, 1.82) is 0 Å². The van der Waals surface area contributed by atoms with E-state index in [2.05, 4.69) is 0 Å². The normalized spacial score (nSPS) is 15.3. The van der Waals surface area contributed by atoms with E-state index >= 15 is 0 Å². The van der Waals surface area contributed by atoms with Crippen molar-refractivity contribution in [3.05, 3.63) is 88.5 Å². The van der Waals surface area contributed by atoms with E-state index in [9.17, 15) is 39.9 Å². The van der Waals surface area contributed by atoms with Gasteiger partial charge in [0.1, 0.15) is 23.1 Å². The number of rotatable bonds is 4. The first-order valence-electron chi connectivity index (χ1n) is 10.5. The van der Waals surface area contributed by atoms with Crippen LogP contribution in [0, 0.1) is 11.6 Å². The first-order chi connectivity index (χ1) is 16.6. The molecule has 3 nitrogen and oxygen atoms in total. The van der Waals surface area contributed by atoms with Crippen LogP contribution in [0.4, 0.5) is 40.8 Å². The van der Waals surface area contributed by atoms with Gasteiger partial charge in [-0.15, -0.1) is 0 Å². The first-order valence-corrected chi connectivity index (χ1v) is 10.5. The van der Waals surface area contributed by atoms with Crippen molar-refractivity contribution in [3.63, 3.8) is 0 Å². The maximum absolute atomic E-state index is 13.9. The number of anilines is 1. The summed E-state index contributed by atoms with van der Waals surface area (Å²) in [4.78, 5) is 14.1. The third-order valence-corrected chi connectivity index (χ3v) is 5.89. The lowest BCUT2D eigenvalue weighted by Crippen LogP contribution is -2.36. The second-order valence-corrected chi connectivity index (χ2v) is 8.73. The van der Waals surface area contributed by atoms with Crippen LogP contribution in [0.15, 0.2) is 54.6 Å². The Labute approximate surface area is 199 Å². The number of benzene rings is 3. The Bertz CT molecular complexity index is 1320. The molecular weight excluding hydrogens is 498 g/mol. The molecule has 0 unspecified atom stereocenters. The summed E-state index contributed by atoms with van der Waals surface area (Å²) in [6.45, 7) is 2.03. The Hall–Kier alpha value is -3.63. The Balaban J connectivity index is 1.83. The van der Waals surface area contributed by atoms with Gasteiger partial charge in [0.15, 0.2) is 0 Å². The highest BCUT2D eigenvalue weighted by Crippen LogP contribution is 2.46. The number of carbonyl (C=O) groups excluding carboxylic acids is 1. The topological polar surface area (TPSA) is 29.5 Å². The summed E-state index contributed by atoms with van der Waals surface area (Å²) < 4.78 is 114. The molecule has 0 atom stereocenters. The molecule has 1 amide bonds. The minimum Gasteiger partial charge on any atom is -0.457 e. The molecule has 4 rings (SSSR count). The predicted molar refractivity (Wildman–Crippen MR) is 114 cm³/mol. The van der Waals surface area contributed by atoms with Crippen LogP contribution in [0.1, 0.15) is 36.1 Å². The number of hydrogen-bond acceptors (Lipinski definition) is 2. The molecule has 0 aromatic heterocycles. The molecule has 1 heterocycles. The Morgan fingerprint density at radius 3 is 2.08 bits per heavy atom. The zero-order valence-corrected chi connectivity index (χ0v) is 18.7. The minimum absolute atomic E-state index is 0.00137.